The Kier molecular flexibility index (Phi) is 5.40. The number of carbonyl (C=O) groups is 3. The van der Waals surface area contributed by atoms with Gasteiger partial charge in [-0.05, 0) is 24.6 Å². The van der Waals surface area contributed by atoms with Gasteiger partial charge in [0, 0.05) is 13.7 Å². The summed E-state index contributed by atoms with van der Waals surface area (Å²) in [6, 6.07) is 6.62. The number of imide groups is 1. The largest absolute Gasteiger partial charge is 0.497 e. The number of hydrogen-bond donors (Lipinski definition) is 2. The quantitative estimate of drug-likeness (QED) is 0.697. The summed E-state index contributed by atoms with van der Waals surface area (Å²) in [5.41, 5.74) is -0.257. The summed E-state index contributed by atoms with van der Waals surface area (Å²) in [5.74, 6) is -0.174. The van der Waals surface area contributed by atoms with Gasteiger partial charge in [-0.2, -0.15) is 0 Å². The number of rotatable bonds is 7. The molecule has 1 saturated heterocycles. The molecule has 0 bridgehead atoms. The summed E-state index contributed by atoms with van der Waals surface area (Å²) in [7, 11) is 3.02. The molecule has 24 heavy (non-hydrogen) atoms. The molecule has 8 nitrogen and oxygen atoms in total. The number of methoxy groups -OCH3 is 2. The highest BCUT2D eigenvalue weighted by atomic mass is 16.5. The maximum Gasteiger partial charge on any atom is 0.325 e. The van der Waals surface area contributed by atoms with Gasteiger partial charge >= 0.3 is 6.03 Å². The normalized spacial score (nSPS) is 20.0. The molecule has 1 atom stereocenters. The molecule has 1 aromatic carbocycles. The second kappa shape index (κ2) is 7.31. The van der Waals surface area contributed by atoms with Crippen molar-refractivity contribution in [1.82, 2.24) is 15.5 Å². The van der Waals surface area contributed by atoms with E-state index >= 15 is 0 Å². The average molecular weight is 335 g/mol. The zero-order valence-electron chi connectivity index (χ0n) is 13.9. The molecule has 2 rings (SSSR count). The number of benzene rings is 1. The first-order chi connectivity index (χ1) is 11.4. The molecule has 0 radical (unpaired) electrons. The van der Waals surface area contributed by atoms with Gasteiger partial charge in [-0.15, -0.1) is 0 Å². The van der Waals surface area contributed by atoms with Crippen molar-refractivity contribution in [1.29, 1.82) is 0 Å². The fourth-order valence-electron chi connectivity index (χ4n) is 2.42. The SMILES string of the molecule is COCC1(C)NC(=O)N(CC(=O)NCc2ccc(OC)cc2)C1=O. The first-order valence-electron chi connectivity index (χ1n) is 7.42. The number of urea groups is 1. The minimum Gasteiger partial charge on any atom is -0.497 e. The van der Waals surface area contributed by atoms with E-state index in [2.05, 4.69) is 10.6 Å². The Morgan fingerprint density at radius 1 is 1.25 bits per heavy atom. The molecule has 1 unspecified atom stereocenters. The predicted molar refractivity (Wildman–Crippen MR) is 85.4 cm³/mol. The van der Waals surface area contributed by atoms with Gasteiger partial charge in [0.15, 0.2) is 0 Å². The van der Waals surface area contributed by atoms with Gasteiger partial charge in [-0.1, -0.05) is 12.1 Å². The van der Waals surface area contributed by atoms with Crippen LogP contribution >= 0.6 is 0 Å². The Morgan fingerprint density at radius 3 is 2.50 bits per heavy atom. The number of hydrogen-bond acceptors (Lipinski definition) is 5. The minimum atomic E-state index is -1.14. The van der Waals surface area contributed by atoms with E-state index < -0.39 is 23.4 Å². The lowest BCUT2D eigenvalue weighted by Crippen LogP contribution is -2.48. The number of nitrogens with one attached hydrogen (secondary N) is 2. The highest BCUT2D eigenvalue weighted by Gasteiger charge is 2.48. The van der Waals surface area contributed by atoms with E-state index in [0.717, 1.165) is 16.2 Å². The van der Waals surface area contributed by atoms with Crippen LogP contribution in [0.15, 0.2) is 24.3 Å². The maximum atomic E-state index is 12.3. The van der Waals surface area contributed by atoms with E-state index in [0.29, 0.717) is 6.54 Å². The van der Waals surface area contributed by atoms with Crippen molar-refractivity contribution >= 4 is 17.8 Å². The zero-order chi connectivity index (χ0) is 17.7. The number of carbonyl (C=O) groups excluding carboxylic acids is 3. The molecule has 0 aliphatic carbocycles. The molecule has 1 aromatic rings. The standard InChI is InChI=1S/C16H21N3O5/c1-16(10-23-2)14(21)19(15(22)18-16)9-13(20)17-8-11-4-6-12(24-3)7-5-11/h4-7H,8-10H2,1-3H3,(H,17,20)(H,18,22). The van der Waals surface area contributed by atoms with Gasteiger partial charge < -0.3 is 20.1 Å². The summed E-state index contributed by atoms with van der Waals surface area (Å²) in [6.07, 6.45) is 0. The maximum absolute atomic E-state index is 12.3. The predicted octanol–water partition coefficient (Wildman–Crippen LogP) is 0.268. The fourth-order valence-corrected chi connectivity index (χ4v) is 2.42. The average Bonchev–Trinajstić information content (AvgIpc) is 2.77. The lowest BCUT2D eigenvalue weighted by molar-refractivity contribution is -0.135. The van der Waals surface area contributed by atoms with Crippen molar-refractivity contribution in [3.8, 4) is 5.75 Å². The van der Waals surface area contributed by atoms with Crippen LogP contribution in [0.1, 0.15) is 12.5 Å². The molecule has 1 heterocycles. The zero-order valence-corrected chi connectivity index (χ0v) is 13.9. The van der Waals surface area contributed by atoms with E-state index in [9.17, 15) is 14.4 Å². The van der Waals surface area contributed by atoms with E-state index in [1.54, 1.807) is 26.2 Å². The van der Waals surface area contributed by atoms with E-state index in [4.69, 9.17) is 9.47 Å². The highest BCUT2D eigenvalue weighted by molar-refractivity contribution is 6.08. The van der Waals surface area contributed by atoms with Crippen LogP contribution in [0.3, 0.4) is 0 Å². The molecule has 0 spiro atoms. The lowest BCUT2D eigenvalue weighted by Gasteiger charge is -2.20. The second-order valence-electron chi connectivity index (χ2n) is 5.71. The van der Waals surface area contributed by atoms with E-state index in [1.165, 1.54) is 7.11 Å². The van der Waals surface area contributed by atoms with Crippen LogP contribution in [-0.4, -0.2) is 55.7 Å². The molecule has 2 N–H and O–H groups in total. The van der Waals surface area contributed by atoms with Gasteiger partial charge in [-0.25, -0.2) is 4.79 Å². The van der Waals surface area contributed by atoms with Crippen molar-refractivity contribution in [2.45, 2.75) is 19.0 Å². The highest BCUT2D eigenvalue weighted by Crippen LogP contribution is 2.17. The Bertz CT molecular complexity index is 631. The van der Waals surface area contributed by atoms with Crippen molar-refractivity contribution in [3.05, 3.63) is 29.8 Å². The van der Waals surface area contributed by atoms with Gasteiger partial charge in [0.05, 0.1) is 13.7 Å². The summed E-state index contributed by atoms with van der Waals surface area (Å²) in [6.45, 7) is 1.56. The first kappa shape index (κ1) is 17.7. The van der Waals surface area contributed by atoms with Crippen LogP contribution < -0.4 is 15.4 Å². The second-order valence-corrected chi connectivity index (χ2v) is 5.71. The van der Waals surface area contributed by atoms with Gasteiger partial charge in [0.1, 0.15) is 17.8 Å². The first-order valence-corrected chi connectivity index (χ1v) is 7.42. The molecule has 0 saturated carbocycles. The molecule has 4 amide bonds. The molecule has 0 aromatic heterocycles. The summed E-state index contributed by atoms with van der Waals surface area (Å²) in [4.78, 5) is 37.1. The third-order valence-electron chi connectivity index (χ3n) is 3.73. The number of ether oxygens (including phenoxy) is 2. The van der Waals surface area contributed by atoms with Crippen LogP contribution in [0.4, 0.5) is 4.79 Å². The van der Waals surface area contributed by atoms with Crippen molar-refractivity contribution in [2.24, 2.45) is 0 Å². The third kappa shape index (κ3) is 3.83. The van der Waals surface area contributed by atoms with Crippen LogP contribution in [0, 0.1) is 0 Å². The van der Waals surface area contributed by atoms with Gasteiger partial charge in [-0.3, -0.25) is 14.5 Å². The molecular weight excluding hydrogens is 314 g/mol. The van der Waals surface area contributed by atoms with Crippen LogP contribution in [-0.2, 0) is 20.9 Å². The molecular formula is C16H21N3O5. The Labute approximate surface area is 140 Å². The van der Waals surface area contributed by atoms with Crippen LogP contribution in [0.5, 0.6) is 5.75 Å². The smallest absolute Gasteiger partial charge is 0.325 e. The Hall–Kier alpha value is -2.61. The van der Waals surface area contributed by atoms with Crippen LogP contribution in [0.25, 0.3) is 0 Å². The molecule has 130 valence electrons. The van der Waals surface area contributed by atoms with E-state index in [1.807, 2.05) is 12.1 Å². The molecule has 1 fully saturated rings. The van der Waals surface area contributed by atoms with Crippen LogP contribution in [0.2, 0.25) is 0 Å². The lowest BCUT2D eigenvalue weighted by atomic mass is 10.0. The third-order valence-corrected chi connectivity index (χ3v) is 3.73. The molecule has 1 aliphatic heterocycles. The molecule has 8 heteroatoms. The topological polar surface area (TPSA) is 97.0 Å². The number of nitrogens with zero attached hydrogens (tertiary/aromatic N) is 1. The van der Waals surface area contributed by atoms with Gasteiger partial charge in [0.25, 0.3) is 5.91 Å². The summed E-state index contributed by atoms with van der Waals surface area (Å²) in [5, 5.41) is 5.22. The van der Waals surface area contributed by atoms with Crippen molar-refractivity contribution in [2.75, 3.05) is 27.4 Å². The Morgan fingerprint density at radius 2 is 1.92 bits per heavy atom. The minimum absolute atomic E-state index is 0.0432. The van der Waals surface area contributed by atoms with E-state index in [-0.39, 0.29) is 13.2 Å². The molecule has 1 aliphatic rings. The monoisotopic (exact) mass is 335 g/mol. The summed E-state index contributed by atoms with van der Waals surface area (Å²) >= 11 is 0. The van der Waals surface area contributed by atoms with Gasteiger partial charge in [0.2, 0.25) is 5.91 Å². The number of amides is 4. The van der Waals surface area contributed by atoms with Crippen molar-refractivity contribution in [3.63, 3.8) is 0 Å². The summed E-state index contributed by atoms with van der Waals surface area (Å²) < 4.78 is 10.0. The Balaban J connectivity index is 1.89. The fraction of sp³-hybridized carbons (Fsp3) is 0.438. The van der Waals surface area contributed by atoms with Crippen molar-refractivity contribution < 1.29 is 23.9 Å².